The Labute approximate surface area is 144 Å². The van der Waals surface area contributed by atoms with Gasteiger partial charge in [-0.25, -0.2) is 4.79 Å². The van der Waals surface area contributed by atoms with Crippen LogP contribution in [-0.4, -0.2) is 27.8 Å². The van der Waals surface area contributed by atoms with Crippen LogP contribution in [0.15, 0.2) is 34.7 Å². The number of hydrogen-bond donors (Lipinski definition) is 1. The molecule has 25 heavy (non-hydrogen) atoms. The van der Waals surface area contributed by atoms with Gasteiger partial charge in [0.05, 0.1) is 17.1 Å². The van der Waals surface area contributed by atoms with E-state index in [0.29, 0.717) is 17.0 Å². The number of benzene rings is 1. The van der Waals surface area contributed by atoms with Crippen molar-refractivity contribution in [3.8, 4) is 0 Å². The molecule has 1 atom stereocenters. The number of hydrogen-bond acceptors (Lipinski definition) is 5. The van der Waals surface area contributed by atoms with E-state index < -0.39 is 18.0 Å². The zero-order chi connectivity index (χ0) is 18.1. The molecule has 0 saturated carbocycles. The molecule has 0 aliphatic carbocycles. The van der Waals surface area contributed by atoms with Crippen LogP contribution in [0.5, 0.6) is 0 Å². The minimum Gasteiger partial charge on any atom is -0.449 e. The van der Waals surface area contributed by atoms with Gasteiger partial charge in [-0.3, -0.25) is 9.48 Å². The fourth-order valence-electron chi connectivity index (χ4n) is 2.53. The van der Waals surface area contributed by atoms with Crippen LogP contribution in [0.1, 0.15) is 28.9 Å². The third kappa shape index (κ3) is 3.26. The molecule has 3 rings (SSSR count). The van der Waals surface area contributed by atoms with Crippen LogP contribution in [0.2, 0.25) is 0 Å². The molecule has 2 aromatic heterocycles. The van der Waals surface area contributed by atoms with Crippen LogP contribution in [0.25, 0.3) is 11.0 Å². The molecule has 0 bridgehead atoms. The van der Waals surface area contributed by atoms with Gasteiger partial charge in [0, 0.05) is 12.4 Å². The van der Waals surface area contributed by atoms with Crippen molar-refractivity contribution in [2.45, 2.75) is 26.9 Å². The van der Waals surface area contributed by atoms with Gasteiger partial charge in [0.15, 0.2) is 6.10 Å². The van der Waals surface area contributed by atoms with Crippen molar-refractivity contribution in [2.24, 2.45) is 7.05 Å². The molecule has 7 nitrogen and oxygen atoms in total. The molecule has 3 aromatic rings. The predicted octanol–water partition coefficient (Wildman–Crippen LogP) is 2.97. The lowest BCUT2D eigenvalue weighted by Crippen LogP contribution is -2.30. The second kappa shape index (κ2) is 6.43. The topological polar surface area (TPSA) is 86.4 Å². The quantitative estimate of drug-likeness (QED) is 0.737. The molecule has 0 saturated heterocycles. The van der Waals surface area contributed by atoms with E-state index in [0.717, 1.165) is 11.1 Å². The molecular formula is C18H19N3O4. The van der Waals surface area contributed by atoms with Crippen molar-refractivity contribution in [1.29, 1.82) is 0 Å². The molecule has 0 fully saturated rings. The average molecular weight is 341 g/mol. The molecule has 130 valence electrons. The summed E-state index contributed by atoms with van der Waals surface area (Å²) in [5, 5.41) is 7.79. The van der Waals surface area contributed by atoms with Gasteiger partial charge in [0.2, 0.25) is 5.76 Å². The van der Waals surface area contributed by atoms with Gasteiger partial charge >= 0.3 is 5.97 Å². The largest absolute Gasteiger partial charge is 0.449 e. The van der Waals surface area contributed by atoms with Gasteiger partial charge < -0.3 is 14.5 Å². The molecule has 1 aromatic carbocycles. The molecule has 0 spiro atoms. The molecule has 7 heteroatoms. The smallest absolute Gasteiger partial charge is 0.375 e. The SMILES string of the molecule is Cc1nn(C)c(C)c1NC(=O)[C@H](C)OC(=O)c1cc2ccccc2o1. The highest BCUT2D eigenvalue weighted by molar-refractivity contribution is 5.98. The summed E-state index contributed by atoms with van der Waals surface area (Å²) in [5.41, 5.74) is 2.73. The molecular weight excluding hydrogens is 322 g/mol. The van der Waals surface area contributed by atoms with Crippen LogP contribution < -0.4 is 5.32 Å². The standard InChI is InChI=1S/C18H19N3O4/c1-10-16(11(2)21(4)20-10)19-17(22)12(3)24-18(23)15-9-13-7-5-6-8-14(13)25-15/h5-9,12H,1-4H3,(H,19,22)/t12-/m0/s1. The van der Waals surface area contributed by atoms with E-state index in [-0.39, 0.29) is 5.76 Å². The maximum Gasteiger partial charge on any atom is 0.375 e. The Kier molecular flexibility index (Phi) is 4.31. The second-order valence-electron chi connectivity index (χ2n) is 5.85. The zero-order valence-corrected chi connectivity index (χ0v) is 14.5. The first-order valence-electron chi connectivity index (χ1n) is 7.87. The Bertz CT molecular complexity index is 922. The van der Waals surface area contributed by atoms with Gasteiger partial charge in [-0.15, -0.1) is 0 Å². The van der Waals surface area contributed by atoms with Gasteiger partial charge in [-0.1, -0.05) is 18.2 Å². The number of carbonyl (C=O) groups is 2. The monoisotopic (exact) mass is 341 g/mol. The minimum absolute atomic E-state index is 0.0644. The van der Waals surface area contributed by atoms with E-state index in [9.17, 15) is 9.59 Å². The van der Waals surface area contributed by atoms with Crippen molar-refractivity contribution in [3.05, 3.63) is 47.5 Å². The van der Waals surface area contributed by atoms with Crippen molar-refractivity contribution in [2.75, 3.05) is 5.32 Å². The zero-order valence-electron chi connectivity index (χ0n) is 14.5. The fourth-order valence-corrected chi connectivity index (χ4v) is 2.53. The highest BCUT2D eigenvalue weighted by atomic mass is 16.6. The van der Waals surface area contributed by atoms with Crippen molar-refractivity contribution in [1.82, 2.24) is 9.78 Å². The number of furan rings is 1. The van der Waals surface area contributed by atoms with E-state index in [1.165, 1.54) is 6.92 Å². The molecule has 1 N–H and O–H groups in total. The highest BCUT2D eigenvalue weighted by Gasteiger charge is 2.23. The van der Waals surface area contributed by atoms with E-state index in [4.69, 9.17) is 9.15 Å². The third-order valence-corrected chi connectivity index (χ3v) is 4.04. The van der Waals surface area contributed by atoms with Gasteiger partial charge in [0.25, 0.3) is 5.91 Å². The number of aromatic nitrogens is 2. The van der Waals surface area contributed by atoms with Crippen molar-refractivity contribution in [3.63, 3.8) is 0 Å². The molecule has 0 aliphatic heterocycles. The number of aryl methyl sites for hydroxylation is 2. The normalized spacial score (nSPS) is 12.2. The number of fused-ring (bicyclic) bond motifs is 1. The van der Waals surface area contributed by atoms with Crippen LogP contribution in [-0.2, 0) is 16.6 Å². The summed E-state index contributed by atoms with van der Waals surface area (Å²) in [6, 6.07) is 8.85. The lowest BCUT2D eigenvalue weighted by Gasteiger charge is -2.12. The maximum absolute atomic E-state index is 12.3. The summed E-state index contributed by atoms with van der Waals surface area (Å²) in [6.45, 7) is 5.16. The minimum atomic E-state index is -0.972. The first-order chi connectivity index (χ1) is 11.9. The average Bonchev–Trinajstić information content (AvgIpc) is 3.11. The Morgan fingerprint density at radius 2 is 2.00 bits per heavy atom. The Morgan fingerprint density at radius 1 is 1.28 bits per heavy atom. The van der Waals surface area contributed by atoms with Crippen molar-refractivity contribution < 1.29 is 18.7 Å². The number of para-hydroxylation sites is 1. The summed E-state index contributed by atoms with van der Waals surface area (Å²) in [7, 11) is 1.79. The summed E-state index contributed by atoms with van der Waals surface area (Å²) in [4.78, 5) is 24.5. The van der Waals surface area contributed by atoms with E-state index >= 15 is 0 Å². The number of nitrogens with one attached hydrogen (secondary N) is 1. The molecule has 0 unspecified atom stereocenters. The van der Waals surface area contributed by atoms with Gasteiger partial charge in [-0.2, -0.15) is 5.10 Å². The Hall–Kier alpha value is -3.09. The van der Waals surface area contributed by atoms with Gasteiger partial charge in [-0.05, 0) is 32.9 Å². The van der Waals surface area contributed by atoms with Crippen LogP contribution in [0.3, 0.4) is 0 Å². The third-order valence-electron chi connectivity index (χ3n) is 4.04. The Morgan fingerprint density at radius 3 is 2.64 bits per heavy atom. The number of ether oxygens (including phenoxy) is 1. The number of amides is 1. The predicted molar refractivity (Wildman–Crippen MR) is 92.4 cm³/mol. The fraction of sp³-hybridized carbons (Fsp3) is 0.278. The number of anilines is 1. The van der Waals surface area contributed by atoms with Crippen molar-refractivity contribution >= 4 is 28.5 Å². The van der Waals surface area contributed by atoms with Gasteiger partial charge in [0.1, 0.15) is 5.58 Å². The first kappa shape index (κ1) is 16.8. The first-order valence-corrected chi connectivity index (χ1v) is 7.87. The van der Waals surface area contributed by atoms with Crippen LogP contribution >= 0.6 is 0 Å². The molecule has 0 aliphatic rings. The summed E-state index contributed by atoms with van der Waals surface area (Å²) in [5.74, 6) is -1.04. The lowest BCUT2D eigenvalue weighted by atomic mass is 10.2. The molecule has 1 amide bonds. The maximum atomic E-state index is 12.3. The van der Waals surface area contributed by atoms with E-state index in [1.807, 2.05) is 25.1 Å². The van der Waals surface area contributed by atoms with Crippen LogP contribution in [0.4, 0.5) is 5.69 Å². The highest BCUT2D eigenvalue weighted by Crippen LogP contribution is 2.21. The summed E-state index contributed by atoms with van der Waals surface area (Å²) < 4.78 is 12.3. The van der Waals surface area contributed by atoms with Crippen LogP contribution in [0, 0.1) is 13.8 Å². The Balaban J connectivity index is 1.69. The molecule has 2 heterocycles. The number of nitrogens with zero attached hydrogens (tertiary/aromatic N) is 2. The number of carbonyl (C=O) groups excluding carboxylic acids is 2. The lowest BCUT2D eigenvalue weighted by molar-refractivity contribution is -0.123. The number of rotatable bonds is 4. The molecule has 0 radical (unpaired) electrons. The second-order valence-corrected chi connectivity index (χ2v) is 5.85. The summed E-state index contributed by atoms with van der Waals surface area (Å²) >= 11 is 0. The van der Waals surface area contributed by atoms with E-state index in [1.54, 1.807) is 30.8 Å². The summed E-state index contributed by atoms with van der Waals surface area (Å²) in [6.07, 6.45) is -0.972. The van der Waals surface area contributed by atoms with E-state index in [2.05, 4.69) is 10.4 Å². The number of esters is 1.